The molecule has 1 aromatic heterocycles. The number of rotatable bonds is 5. The predicted octanol–water partition coefficient (Wildman–Crippen LogP) is 3.32. The Hall–Kier alpha value is -2.47. The topological polar surface area (TPSA) is 58.1 Å². The lowest BCUT2D eigenvalue weighted by Gasteiger charge is -2.31. The second kappa shape index (κ2) is 8.76. The van der Waals surface area contributed by atoms with E-state index in [9.17, 15) is 9.18 Å². The van der Waals surface area contributed by atoms with Gasteiger partial charge in [0.15, 0.2) is 5.82 Å². The first-order valence-electron chi connectivity index (χ1n) is 8.55. The first-order valence-corrected chi connectivity index (χ1v) is 8.92. The molecule has 0 radical (unpaired) electrons. The summed E-state index contributed by atoms with van der Waals surface area (Å²) in [7, 11) is 0. The molecule has 136 valence electrons. The van der Waals surface area contributed by atoms with Crippen LogP contribution in [-0.4, -0.2) is 35.5 Å². The Balaban J connectivity index is 1.43. The van der Waals surface area contributed by atoms with Crippen LogP contribution in [0, 0.1) is 11.7 Å². The van der Waals surface area contributed by atoms with Crippen molar-refractivity contribution < 1.29 is 9.18 Å². The fraction of sp³-hybridized carbons (Fsp3) is 0.316. The van der Waals surface area contributed by atoms with Gasteiger partial charge in [-0.15, -0.1) is 0 Å². The van der Waals surface area contributed by atoms with Gasteiger partial charge < -0.3 is 10.2 Å². The summed E-state index contributed by atoms with van der Waals surface area (Å²) in [5.41, 5.74) is 0.817. The average Bonchev–Trinajstić information content (AvgIpc) is 2.67. The molecule has 2 aromatic rings. The lowest BCUT2D eigenvalue weighted by molar-refractivity contribution is -0.116. The Kier molecular flexibility index (Phi) is 6.17. The quantitative estimate of drug-likeness (QED) is 0.816. The second-order valence-corrected chi connectivity index (χ2v) is 6.64. The molecule has 1 N–H and O–H groups in total. The number of piperidine rings is 1. The summed E-state index contributed by atoms with van der Waals surface area (Å²) in [4.78, 5) is 22.0. The maximum absolute atomic E-state index is 12.9. The maximum Gasteiger partial charge on any atom is 0.244 e. The van der Waals surface area contributed by atoms with E-state index in [0.717, 1.165) is 31.5 Å². The lowest BCUT2D eigenvalue weighted by atomic mass is 9.97. The summed E-state index contributed by atoms with van der Waals surface area (Å²) in [6, 6.07) is 7.38. The molecule has 26 heavy (non-hydrogen) atoms. The Morgan fingerprint density at radius 3 is 2.65 bits per heavy atom. The van der Waals surface area contributed by atoms with Gasteiger partial charge in [0.1, 0.15) is 0 Å². The molecule has 3 rings (SSSR count). The van der Waals surface area contributed by atoms with Crippen molar-refractivity contribution in [3.63, 3.8) is 0 Å². The number of anilines is 1. The van der Waals surface area contributed by atoms with Gasteiger partial charge in [0, 0.05) is 30.7 Å². The fourth-order valence-corrected chi connectivity index (χ4v) is 3.08. The van der Waals surface area contributed by atoms with Gasteiger partial charge >= 0.3 is 0 Å². The molecule has 0 saturated carbocycles. The molecular formula is C19H20ClFN4O. The largest absolute Gasteiger partial charge is 0.352 e. The van der Waals surface area contributed by atoms with Gasteiger partial charge in [0.05, 0.1) is 12.4 Å². The Morgan fingerprint density at radius 1 is 1.27 bits per heavy atom. The molecule has 0 aliphatic carbocycles. The van der Waals surface area contributed by atoms with Crippen LogP contribution in [-0.2, 0) is 4.79 Å². The molecule has 5 nitrogen and oxygen atoms in total. The van der Waals surface area contributed by atoms with Crippen LogP contribution in [0.4, 0.5) is 10.3 Å². The van der Waals surface area contributed by atoms with Crippen molar-refractivity contribution in [2.45, 2.75) is 12.8 Å². The molecule has 0 unspecified atom stereocenters. The summed E-state index contributed by atoms with van der Waals surface area (Å²) in [5, 5.41) is 3.55. The van der Waals surface area contributed by atoms with E-state index in [1.807, 2.05) is 23.1 Å². The Morgan fingerprint density at radius 2 is 1.96 bits per heavy atom. The van der Waals surface area contributed by atoms with Gasteiger partial charge in [-0.2, -0.15) is 0 Å². The third-order valence-electron chi connectivity index (χ3n) is 4.39. The highest BCUT2D eigenvalue weighted by atomic mass is 35.5. The highest BCUT2D eigenvalue weighted by Gasteiger charge is 2.21. The summed E-state index contributed by atoms with van der Waals surface area (Å²) >= 11 is 6.06. The molecule has 1 aliphatic heterocycles. The van der Waals surface area contributed by atoms with E-state index in [-0.39, 0.29) is 5.91 Å². The maximum atomic E-state index is 12.9. The number of amides is 1. The van der Waals surface area contributed by atoms with Gasteiger partial charge in [0.25, 0.3) is 0 Å². The minimum Gasteiger partial charge on any atom is -0.352 e. The zero-order valence-electron chi connectivity index (χ0n) is 14.2. The van der Waals surface area contributed by atoms with Crippen molar-refractivity contribution in [2.75, 3.05) is 24.5 Å². The number of aromatic nitrogens is 2. The molecule has 1 aromatic carbocycles. The molecule has 1 amide bonds. The zero-order valence-corrected chi connectivity index (χ0v) is 15.0. The van der Waals surface area contributed by atoms with Crippen molar-refractivity contribution in [3.05, 3.63) is 59.1 Å². The van der Waals surface area contributed by atoms with E-state index in [0.29, 0.717) is 23.4 Å². The second-order valence-electron chi connectivity index (χ2n) is 6.23. The minimum atomic E-state index is -0.434. The fourth-order valence-electron chi connectivity index (χ4n) is 2.89. The normalized spacial score (nSPS) is 15.4. The number of carbonyl (C=O) groups is 1. The van der Waals surface area contributed by atoms with Gasteiger partial charge in [-0.05, 0) is 36.5 Å². The van der Waals surface area contributed by atoms with Crippen LogP contribution in [0.15, 0.2) is 42.7 Å². The highest BCUT2D eigenvalue weighted by Crippen LogP contribution is 2.20. The first-order chi connectivity index (χ1) is 12.6. The predicted molar refractivity (Wildman–Crippen MR) is 100 cm³/mol. The third kappa shape index (κ3) is 5.02. The summed E-state index contributed by atoms with van der Waals surface area (Å²) in [6.07, 6.45) is 7.43. The minimum absolute atomic E-state index is 0.130. The standard InChI is InChI=1S/C19H20ClFN4O/c20-17-4-2-1-3-15(17)5-6-18(26)22-11-14-7-9-25(10-8-14)19-23-12-16(21)13-24-19/h1-6,12-14H,7-11H2,(H,22,26)/b6-5+. The van der Waals surface area contributed by atoms with Crippen molar-refractivity contribution >= 4 is 29.5 Å². The summed E-state index contributed by atoms with van der Waals surface area (Å²) in [5.74, 6) is 0.395. The van der Waals surface area contributed by atoms with Gasteiger partial charge in [-0.1, -0.05) is 29.8 Å². The van der Waals surface area contributed by atoms with E-state index in [1.165, 1.54) is 18.5 Å². The van der Waals surface area contributed by atoms with Gasteiger partial charge in [0.2, 0.25) is 11.9 Å². The van der Waals surface area contributed by atoms with Crippen LogP contribution in [0.2, 0.25) is 5.02 Å². The third-order valence-corrected chi connectivity index (χ3v) is 4.73. The van der Waals surface area contributed by atoms with Gasteiger partial charge in [-0.3, -0.25) is 4.79 Å². The van der Waals surface area contributed by atoms with Gasteiger partial charge in [-0.25, -0.2) is 14.4 Å². The monoisotopic (exact) mass is 374 g/mol. The van der Waals surface area contributed by atoms with Crippen LogP contribution in [0.3, 0.4) is 0 Å². The Bertz CT molecular complexity index is 773. The van der Waals surface area contributed by atoms with Crippen LogP contribution < -0.4 is 10.2 Å². The highest BCUT2D eigenvalue weighted by molar-refractivity contribution is 6.32. The number of benzene rings is 1. The van der Waals surface area contributed by atoms with E-state index < -0.39 is 5.82 Å². The van der Waals surface area contributed by atoms with Crippen molar-refractivity contribution in [3.8, 4) is 0 Å². The average molecular weight is 375 g/mol. The lowest BCUT2D eigenvalue weighted by Crippen LogP contribution is -2.39. The van der Waals surface area contributed by atoms with Crippen molar-refractivity contribution in [2.24, 2.45) is 5.92 Å². The number of nitrogens with one attached hydrogen (secondary N) is 1. The SMILES string of the molecule is O=C(/C=C/c1ccccc1Cl)NCC1CCN(c2ncc(F)cn2)CC1. The molecule has 1 fully saturated rings. The number of halogens is 2. The molecule has 0 atom stereocenters. The van der Waals surface area contributed by atoms with E-state index in [4.69, 9.17) is 11.6 Å². The molecule has 0 spiro atoms. The number of hydrogen-bond acceptors (Lipinski definition) is 4. The molecule has 7 heteroatoms. The van der Waals surface area contributed by atoms with Crippen LogP contribution >= 0.6 is 11.6 Å². The number of nitrogens with zero attached hydrogens (tertiary/aromatic N) is 3. The molecule has 1 saturated heterocycles. The molecule has 1 aliphatic rings. The van der Waals surface area contributed by atoms with Crippen molar-refractivity contribution in [1.29, 1.82) is 0 Å². The van der Waals surface area contributed by atoms with E-state index in [2.05, 4.69) is 15.3 Å². The Labute approximate surface area is 156 Å². The summed E-state index contributed by atoms with van der Waals surface area (Å²) < 4.78 is 12.9. The van der Waals surface area contributed by atoms with Crippen LogP contribution in [0.5, 0.6) is 0 Å². The smallest absolute Gasteiger partial charge is 0.244 e. The summed E-state index contributed by atoms with van der Waals surface area (Å²) in [6.45, 7) is 2.22. The van der Waals surface area contributed by atoms with Crippen molar-refractivity contribution in [1.82, 2.24) is 15.3 Å². The number of carbonyl (C=O) groups excluding carboxylic acids is 1. The van der Waals surface area contributed by atoms with E-state index >= 15 is 0 Å². The van der Waals surface area contributed by atoms with Crippen LogP contribution in [0.1, 0.15) is 18.4 Å². The molecular weight excluding hydrogens is 355 g/mol. The number of hydrogen-bond donors (Lipinski definition) is 1. The van der Waals surface area contributed by atoms with E-state index in [1.54, 1.807) is 12.1 Å². The molecule has 0 bridgehead atoms. The molecule has 2 heterocycles. The van der Waals surface area contributed by atoms with Crippen LogP contribution in [0.25, 0.3) is 6.08 Å². The zero-order chi connectivity index (χ0) is 18.4. The first kappa shape index (κ1) is 18.3.